The van der Waals surface area contributed by atoms with Gasteiger partial charge >= 0.3 is 0 Å². The van der Waals surface area contributed by atoms with E-state index in [0.29, 0.717) is 0 Å². The molecule has 1 nitrogen and oxygen atoms in total. The maximum atomic E-state index is 10.6. The zero-order valence-corrected chi connectivity index (χ0v) is 10.8. The molecular formula is C13H12OS2. The van der Waals surface area contributed by atoms with Gasteiger partial charge < -0.3 is 0 Å². The first-order valence-corrected chi connectivity index (χ1v) is 6.67. The van der Waals surface area contributed by atoms with Gasteiger partial charge in [-0.3, -0.25) is 4.79 Å². The molecule has 0 N–H and O–H groups in total. The Kier molecular flexibility index (Phi) is 3.46. The molecule has 3 heteroatoms. The Morgan fingerprint density at radius 3 is 2.69 bits per heavy atom. The predicted molar refractivity (Wildman–Crippen MR) is 69.7 cm³/mol. The third-order valence-corrected chi connectivity index (χ3v) is 4.43. The lowest BCUT2D eigenvalue weighted by Crippen LogP contribution is -1.80. The van der Waals surface area contributed by atoms with Crippen molar-refractivity contribution in [2.45, 2.75) is 23.6 Å². The number of carbonyl (C=O) groups is 1. The van der Waals surface area contributed by atoms with Gasteiger partial charge in [-0.05, 0) is 31.5 Å². The van der Waals surface area contributed by atoms with Crippen LogP contribution in [0.15, 0.2) is 39.4 Å². The molecule has 0 bridgehead atoms. The molecule has 0 saturated heterocycles. The molecule has 0 fully saturated rings. The van der Waals surface area contributed by atoms with E-state index in [9.17, 15) is 4.79 Å². The van der Waals surface area contributed by atoms with Crippen molar-refractivity contribution >= 4 is 29.4 Å². The number of hydrogen-bond acceptors (Lipinski definition) is 3. The molecule has 0 spiro atoms. The molecule has 1 aromatic carbocycles. The summed E-state index contributed by atoms with van der Waals surface area (Å²) in [7, 11) is 0. The first kappa shape index (κ1) is 11.4. The van der Waals surface area contributed by atoms with E-state index in [-0.39, 0.29) is 0 Å². The Hall–Kier alpha value is -1.06. The molecule has 0 radical (unpaired) electrons. The van der Waals surface area contributed by atoms with Crippen LogP contribution in [-0.2, 0) is 0 Å². The van der Waals surface area contributed by atoms with Gasteiger partial charge in [0.1, 0.15) is 0 Å². The first-order valence-electron chi connectivity index (χ1n) is 4.98. The Morgan fingerprint density at radius 1 is 1.25 bits per heavy atom. The van der Waals surface area contributed by atoms with E-state index in [1.165, 1.54) is 27.4 Å². The fraction of sp³-hybridized carbons (Fsp3) is 0.154. The minimum Gasteiger partial charge on any atom is -0.297 e. The van der Waals surface area contributed by atoms with Gasteiger partial charge in [-0.25, -0.2) is 0 Å². The second kappa shape index (κ2) is 4.85. The molecule has 1 heterocycles. The molecule has 0 unspecified atom stereocenters. The molecule has 82 valence electrons. The van der Waals surface area contributed by atoms with Crippen LogP contribution < -0.4 is 0 Å². The van der Waals surface area contributed by atoms with Crippen LogP contribution in [0.3, 0.4) is 0 Å². The Bertz CT molecular complexity index is 514. The number of carbonyl (C=O) groups excluding carboxylic acids is 1. The zero-order valence-electron chi connectivity index (χ0n) is 9.19. The van der Waals surface area contributed by atoms with E-state index in [4.69, 9.17) is 0 Å². The fourth-order valence-corrected chi connectivity index (χ4v) is 3.27. The van der Waals surface area contributed by atoms with Gasteiger partial charge in [0.25, 0.3) is 0 Å². The van der Waals surface area contributed by atoms with Gasteiger partial charge in [-0.1, -0.05) is 29.5 Å². The number of hydrogen-bond donors (Lipinski definition) is 0. The van der Waals surface area contributed by atoms with Crippen molar-refractivity contribution in [3.05, 3.63) is 45.6 Å². The Labute approximate surface area is 104 Å². The second-order valence-electron chi connectivity index (χ2n) is 3.67. The van der Waals surface area contributed by atoms with Crippen molar-refractivity contribution in [1.29, 1.82) is 0 Å². The summed E-state index contributed by atoms with van der Waals surface area (Å²) in [6.45, 7) is 4.21. The lowest BCUT2D eigenvalue weighted by molar-refractivity contribution is 0.112. The molecular weight excluding hydrogens is 236 g/mol. The summed E-state index contributed by atoms with van der Waals surface area (Å²) in [4.78, 5) is 13.8. The minimum atomic E-state index is 0.785. The number of rotatable bonds is 3. The average molecular weight is 248 g/mol. The predicted octanol–water partition coefficient (Wildman–Crippen LogP) is 4.33. The summed E-state index contributed by atoms with van der Waals surface area (Å²) in [5.41, 5.74) is 2.56. The molecule has 1 aromatic heterocycles. The topological polar surface area (TPSA) is 17.1 Å². The van der Waals surface area contributed by atoms with Crippen LogP contribution in [0.1, 0.15) is 20.8 Å². The van der Waals surface area contributed by atoms with Crippen molar-refractivity contribution in [2.24, 2.45) is 0 Å². The van der Waals surface area contributed by atoms with E-state index in [1.54, 1.807) is 11.8 Å². The van der Waals surface area contributed by atoms with Crippen LogP contribution in [0.2, 0.25) is 0 Å². The number of aldehydes is 1. The van der Waals surface area contributed by atoms with E-state index < -0.39 is 0 Å². The third-order valence-electron chi connectivity index (χ3n) is 2.27. The fourth-order valence-electron chi connectivity index (χ4n) is 1.49. The molecule has 0 aliphatic carbocycles. The molecule has 0 aliphatic heterocycles. The van der Waals surface area contributed by atoms with Gasteiger partial charge in [0, 0.05) is 15.2 Å². The van der Waals surface area contributed by atoms with Crippen molar-refractivity contribution in [2.75, 3.05) is 0 Å². The highest BCUT2D eigenvalue weighted by molar-refractivity contribution is 7.99. The summed E-state index contributed by atoms with van der Waals surface area (Å²) < 4.78 is 0. The van der Waals surface area contributed by atoms with Crippen molar-refractivity contribution in [1.82, 2.24) is 0 Å². The molecule has 16 heavy (non-hydrogen) atoms. The van der Waals surface area contributed by atoms with Crippen LogP contribution in [-0.4, -0.2) is 6.29 Å². The van der Waals surface area contributed by atoms with Gasteiger partial charge in [0.15, 0.2) is 6.29 Å². The largest absolute Gasteiger partial charge is 0.297 e. The molecule has 0 saturated carbocycles. The van der Waals surface area contributed by atoms with Crippen molar-refractivity contribution < 1.29 is 4.79 Å². The van der Waals surface area contributed by atoms with Crippen LogP contribution in [0.5, 0.6) is 0 Å². The van der Waals surface area contributed by atoms with Crippen molar-refractivity contribution in [3.63, 3.8) is 0 Å². The Morgan fingerprint density at radius 2 is 2.06 bits per heavy atom. The van der Waals surface area contributed by atoms with Crippen molar-refractivity contribution in [3.8, 4) is 0 Å². The van der Waals surface area contributed by atoms with E-state index in [2.05, 4.69) is 32.0 Å². The summed E-state index contributed by atoms with van der Waals surface area (Å²) in [5.74, 6) is 0. The monoisotopic (exact) mass is 248 g/mol. The van der Waals surface area contributed by atoms with E-state index >= 15 is 0 Å². The molecule has 0 atom stereocenters. The normalized spacial score (nSPS) is 10.4. The quantitative estimate of drug-likeness (QED) is 0.752. The van der Waals surface area contributed by atoms with Crippen LogP contribution >= 0.6 is 23.1 Å². The zero-order chi connectivity index (χ0) is 11.5. The Balaban J connectivity index is 2.23. The highest BCUT2D eigenvalue weighted by atomic mass is 32.2. The lowest BCUT2D eigenvalue weighted by Gasteiger charge is -2.04. The lowest BCUT2D eigenvalue weighted by atomic mass is 10.2. The number of benzene rings is 1. The summed E-state index contributed by atoms with van der Waals surface area (Å²) in [5, 5.41) is 2.02. The van der Waals surface area contributed by atoms with E-state index in [0.717, 1.165) is 16.1 Å². The smallest absolute Gasteiger partial charge is 0.160 e. The van der Waals surface area contributed by atoms with Gasteiger partial charge in [0.2, 0.25) is 0 Å². The highest BCUT2D eigenvalue weighted by Gasteiger charge is 2.04. The molecule has 0 amide bonds. The first-order chi connectivity index (χ1) is 7.69. The number of thiophene rings is 1. The van der Waals surface area contributed by atoms with Gasteiger partial charge in [0.05, 0.1) is 4.88 Å². The summed E-state index contributed by atoms with van der Waals surface area (Å²) in [6.07, 6.45) is 0.900. The van der Waals surface area contributed by atoms with Gasteiger partial charge in [-0.15, -0.1) is 11.3 Å². The van der Waals surface area contributed by atoms with Crippen LogP contribution in [0, 0.1) is 13.8 Å². The third kappa shape index (κ3) is 2.54. The molecule has 2 rings (SSSR count). The van der Waals surface area contributed by atoms with E-state index in [1.807, 2.05) is 11.4 Å². The molecule has 2 aromatic rings. The minimum absolute atomic E-state index is 0.785. The summed E-state index contributed by atoms with van der Waals surface area (Å²) >= 11 is 3.20. The molecule has 0 aliphatic rings. The SMILES string of the molecule is Cc1ccc(Sc2csc(C=O)c2)c(C)c1. The maximum absolute atomic E-state index is 10.6. The highest BCUT2D eigenvalue weighted by Crippen LogP contribution is 2.33. The van der Waals surface area contributed by atoms with Crippen LogP contribution in [0.4, 0.5) is 0 Å². The second-order valence-corrected chi connectivity index (χ2v) is 5.73. The summed E-state index contributed by atoms with van der Waals surface area (Å²) in [6, 6.07) is 8.35. The standard InChI is InChI=1S/C13H12OS2/c1-9-3-4-13(10(2)5-9)16-12-6-11(7-14)15-8-12/h3-8H,1-2H3. The van der Waals surface area contributed by atoms with Gasteiger partial charge in [-0.2, -0.15) is 0 Å². The number of aryl methyl sites for hydroxylation is 2. The average Bonchev–Trinajstić information content (AvgIpc) is 2.70. The maximum Gasteiger partial charge on any atom is 0.160 e. The van der Waals surface area contributed by atoms with Crippen LogP contribution in [0.25, 0.3) is 0 Å².